The molecule has 0 spiro atoms. The molecule has 0 saturated carbocycles. The molecule has 1 unspecified atom stereocenters. The van der Waals surface area contributed by atoms with Gasteiger partial charge in [-0.25, -0.2) is 22.5 Å². The predicted octanol–water partition coefficient (Wildman–Crippen LogP) is 2.86. The first-order valence-electron chi connectivity index (χ1n) is 10.3. The minimum atomic E-state index is -3.12. The molecule has 2 aromatic rings. The lowest BCUT2D eigenvalue weighted by molar-refractivity contribution is 0.178. The third-order valence-electron chi connectivity index (χ3n) is 5.85. The van der Waals surface area contributed by atoms with Crippen molar-refractivity contribution in [1.29, 1.82) is 0 Å². The Labute approximate surface area is 177 Å². The van der Waals surface area contributed by atoms with Gasteiger partial charge in [0.1, 0.15) is 12.4 Å². The summed E-state index contributed by atoms with van der Waals surface area (Å²) < 4.78 is 30.3. The quantitative estimate of drug-likeness (QED) is 0.705. The molecule has 0 aliphatic carbocycles. The standard InChI is InChI=1S/C22H27N3O4S/c1-30(27,28)24-12-10-18(11-13-24)14-19-8-5-9-21(23-19)25-20(16-29-22(25)26)15-17-6-3-2-4-7-17/h2-9,18,20H,10-16H2,1H3. The summed E-state index contributed by atoms with van der Waals surface area (Å²) in [6.07, 6.45) is 4.03. The van der Waals surface area contributed by atoms with Gasteiger partial charge < -0.3 is 4.74 Å². The van der Waals surface area contributed by atoms with Crippen molar-refractivity contribution in [2.75, 3.05) is 30.9 Å². The number of benzene rings is 1. The van der Waals surface area contributed by atoms with Crippen LogP contribution in [0.4, 0.5) is 10.6 Å². The zero-order valence-corrected chi connectivity index (χ0v) is 17.9. The molecule has 2 aliphatic heterocycles. The predicted molar refractivity (Wildman–Crippen MR) is 115 cm³/mol. The van der Waals surface area contributed by atoms with Gasteiger partial charge >= 0.3 is 6.09 Å². The van der Waals surface area contributed by atoms with Crippen molar-refractivity contribution in [2.24, 2.45) is 5.92 Å². The van der Waals surface area contributed by atoms with E-state index < -0.39 is 10.0 Å². The fourth-order valence-corrected chi connectivity index (χ4v) is 5.11. The number of pyridine rings is 1. The van der Waals surface area contributed by atoms with E-state index in [9.17, 15) is 13.2 Å². The molecule has 1 amide bonds. The van der Waals surface area contributed by atoms with E-state index in [0.717, 1.165) is 30.5 Å². The molecule has 0 bridgehead atoms. The SMILES string of the molecule is CS(=O)(=O)N1CCC(Cc2cccc(N3C(=O)OCC3Cc3ccccc3)n2)CC1. The Morgan fingerprint density at radius 1 is 1.03 bits per heavy atom. The first-order chi connectivity index (χ1) is 14.4. The van der Waals surface area contributed by atoms with Gasteiger partial charge in [-0.1, -0.05) is 36.4 Å². The van der Waals surface area contributed by atoms with Crippen LogP contribution in [0.5, 0.6) is 0 Å². The Kier molecular flexibility index (Phi) is 6.06. The molecule has 2 saturated heterocycles. The summed E-state index contributed by atoms with van der Waals surface area (Å²) in [5.41, 5.74) is 2.07. The Balaban J connectivity index is 1.44. The third kappa shape index (κ3) is 4.82. The van der Waals surface area contributed by atoms with Crippen molar-refractivity contribution in [1.82, 2.24) is 9.29 Å². The van der Waals surface area contributed by atoms with Gasteiger partial charge in [0, 0.05) is 18.8 Å². The number of carbonyl (C=O) groups is 1. The molecule has 0 N–H and O–H groups in total. The minimum Gasteiger partial charge on any atom is -0.447 e. The number of piperidine rings is 1. The van der Waals surface area contributed by atoms with E-state index in [1.54, 1.807) is 9.21 Å². The Hall–Kier alpha value is -2.45. The fourth-order valence-electron chi connectivity index (χ4n) is 4.23. The third-order valence-corrected chi connectivity index (χ3v) is 7.16. The highest BCUT2D eigenvalue weighted by molar-refractivity contribution is 7.88. The maximum Gasteiger partial charge on any atom is 0.415 e. The lowest BCUT2D eigenvalue weighted by Gasteiger charge is -2.30. The van der Waals surface area contributed by atoms with Crippen LogP contribution in [0.15, 0.2) is 48.5 Å². The highest BCUT2D eigenvalue weighted by Crippen LogP contribution is 2.26. The highest BCUT2D eigenvalue weighted by Gasteiger charge is 2.35. The van der Waals surface area contributed by atoms with E-state index in [4.69, 9.17) is 9.72 Å². The number of anilines is 1. The first-order valence-corrected chi connectivity index (χ1v) is 12.2. The van der Waals surface area contributed by atoms with Gasteiger partial charge in [0.05, 0.1) is 12.3 Å². The molecule has 1 aromatic heterocycles. The van der Waals surface area contributed by atoms with Crippen molar-refractivity contribution in [3.63, 3.8) is 0 Å². The fraction of sp³-hybridized carbons (Fsp3) is 0.455. The van der Waals surface area contributed by atoms with Crippen LogP contribution in [-0.4, -0.2) is 55.8 Å². The molecular weight excluding hydrogens is 402 g/mol. The number of hydrogen-bond donors (Lipinski definition) is 0. The molecule has 1 atom stereocenters. The van der Waals surface area contributed by atoms with E-state index in [1.165, 1.54) is 6.26 Å². The monoisotopic (exact) mass is 429 g/mol. The van der Waals surface area contributed by atoms with Crippen molar-refractivity contribution in [2.45, 2.75) is 31.7 Å². The number of hydrogen-bond acceptors (Lipinski definition) is 5. The van der Waals surface area contributed by atoms with Crippen LogP contribution in [0.2, 0.25) is 0 Å². The largest absolute Gasteiger partial charge is 0.447 e. The van der Waals surface area contributed by atoms with Crippen LogP contribution in [0.25, 0.3) is 0 Å². The van der Waals surface area contributed by atoms with Crippen molar-refractivity contribution < 1.29 is 17.9 Å². The molecule has 2 aliphatic rings. The smallest absolute Gasteiger partial charge is 0.415 e. The van der Waals surface area contributed by atoms with Crippen LogP contribution >= 0.6 is 0 Å². The van der Waals surface area contributed by atoms with E-state index in [0.29, 0.717) is 37.9 Å². The second-order valence-electron chi connectivity index (χ2n) is 8.09. The van der Waals surface area contributed by atoms with Crippen LogP contribution in [0.1, 0.15) is 24.1 Å². The normalized spacial score (nSPS) is 21.0. The zero-order chi connectivity index (χ0) is 21.1. The van der Waals surface area contributed by atoms with Crippen molar-refractivity contribution >= 4 is 21.9 Å². The lowest BCUT2D eigenvalue weighted by Crippen LogP contribution is -2.38. The summed E-state index contributed by atoms with van der Waals surface area (Å²) in [4.78, 5) is 18.8. The summed E-state index contributed by atoms with van der Waals surface area (Å²) in [6, 6.07) is 15.7. The van der Waals surface area contributed by atoms with Gasteiger partial charge in [0.2, 0.25) is 10.0 Å². The average molecular weight is 430 g/mol. The summed E-state index contributed by atoms with van der Waals surface area (Å²) in [5, 5.41) is 0. The summed E-state index contributed by atoms with van der Waals surface area (Å²) in [5.74, 6) is 1.00. The number of carbonyl (C=O) groups excluding carboxylic acids is 1. The number of aromatic nitrogens is 1. The van der Waals surface area contributed by atoms with Crippen molar-refractivity contribution in [3.05, 3.63) is 59.8 Å². The molecule has 30 heavy (non-hydrogen) atoms. The van der Waals surface area contributed by atoms with Crippen LogP contribution in [0.3, 0.4) is 0 Å². The molecule has 2 fully saturated rings. The summed E-state index contributed by atoms with van der Waals surface area (Å²) >= 11 is 0. The topological polar surface area (TPSA) is 79.8 Å². The van der Waals surface area contributed by atoms with Crippen molar-refractivity contribution in [3.8, 4) is 0 Å². The van der Waals surface area contributed by atoms with Crippen LogP contribution in [0, 0.1) is 5.92 Å². The second kappa shape index (κ2) is 8.73. The highest BCUT2D eigenvalue weighted by atomic mass is 32.2. The van der Waals surface area contributed by atoms with E-state index in [2.05, 4.69) is 0 Å². The van der Waals surface area contributed by atoms with Gasteiger partial charge in [-0.2, -0.15) is 0 Å². The minimum absolute atomic E-state index is 0.0827. The number of ether oxygens (including phenoxy) is 1. The summed E-state index contributed by atoms with van der Waals surface area (Å²) in [7, 11) is -3.12. The van der Waals surface area contributed by atoms with Crippen LogP contribution in [-0.2, 0) is 27.6 Å². The molecule has 8 heteroatoms. The van der Waals surface area contributed by atoms with E-state index in [-0.39, 0.29) is 12.1 Å². The van der Waals surface area contributed by atoms with Crippen LogP contribution < -0.4 is 4.90 Å². The zero-order valence-electron chi connectivity index (χ0n) is 17.1. The molecule has 7 nitrogen and oxygen atoms in total. The molecule has 160 valence electrons. The number of nitrogens with zero attached hydrogens (tertiary/aromatic N) is 3. The van der Waals surface area contributed by atoms with Gasteiger partial charge in [-0.15, -0.1) is 0 Å². The Bertz CT molecular complexity index is 988. The first kappa shape index (κ1) is 20.8. The number of sulfonamides is 1. The van der Waals surface area contributed by atoms with Gasteiger partial charge in [0.15, 0.2) is 0 Å². The van der Waals surface area contributed by atoms with Gasteiger partial charge in [0.25, 0.3) is 0 Å². The molecule has 0 radical (unpaired) electrons. The van der Waals surface area contributed by atoms with E-state index in [1.807, 2.05) is 48.5 Å². The molecule has 3 heterocycles. The molecular formula is C22H27N3O4S. The average Bonchev–Trinajstić information content (AvgIpc) is 3.09. The van der Waals surface area contributed by atoms with Gasteiger partial charge in [-0.05, 0) is 49.3 Å². The Morgan fingerprint density at radius 2 is 1.77 bits per heavy atom. The van der Waals surface area contributed by atoms with Gasteiger partial charge in [-0.3, -0.25) is 4.90 Å². The molecule has 4 rings (SSSR count). The summed E-state index contributed by atoms with van der Waals surface area (Å²) in [6.45, 7) is 1.46. The maximum absolute atomic E-state index is 12.4. The number of rotatable bonds is 6. The second-order valence-corrected chi connectivity index (χ2v) is 10.1. The number of cyclic esters (lactones) is 1. The Morgan fingerprint density at radius 3 is 2.47 bits per heavy atom. The van der Waals surface area contributed by atoms with E-state index >= 15 is 0 Å². The maximum atomic E-state index is 12.4. The lowest BCUT2D eigenvalue weighted by atomic mass is 9.93. The number of amides is 1. The molecule has 1 aromatic carbocycles.